The van der Waals surface area contributed by atoms with E-state index in [1.54, 1.807) is 0 Å². The van der Waals surface area contributed by atoms with E-state index in [2.05, 4.69) is 44.3 Å². The van der Waals surface area contributed by atoms with Gasteiger partial charge in [-0.15, -0.1) is 0 Å². The summed E-state index contributed by atoms with van der Waals surface area (Å²) in [5.41, 5.74) is 3.86. The lowest BCUT2D eigenvalue weighted by atomic mass is 9.97. The number of aryl methyl sites for hydroxylation is 2. The molecule has 1 rings (SSSR count). The zero-order valence-corrected chi connectivity index (χ0v) is 13.2. The third-order valence-corrected chi connectivity index (χ3v) is 3.37. The van der Waals surface area contributed by atoms with Crippen LogP contribution in [0.1, 0.15) is 43.4 Å². The zero-order valence-electron chi connectivity index (χ0n) is 13.2. The molecule has 0 amide bonds. The number of carbonyl (C=O) groups is 1. The molecule has 0 aliphatic carbocycles. The highest BCUT2D eigenvalue weighted by Crippen LogP contribution is 2.14. The van der Waals surface area contributed by atoms with Crippen molar-refractivity contribution in [1.82, 2.24) is 5.32 Å². The molecule has 3 nitrogen and oxygen atoms in total. The van der Waals surface area contributed by atoms with Crippen molar-refractivity contribution in [3.8, 4) is 0 Å². The van der Waals surface area contributed by atoms with Gasteiger partial charge < -0.3 is 10.1 Å². The van der Waals surface area contributed by atoms with Gasteiger partial charge in [0.05, 0.1) is 13.0 Å². The van der Waals surface area contributed by atoms with Crippen molar-refractivity contribution in [2.75, 3.05) is 13.2 Å². The Balaban J connectivity index is 2.69. The van der Waals surface area contributed by atoms with Crippen molar-refractivity contribution in [2.45, 2.75) is 53.0 Å². The Morgan fingerprint density at radius 3 is 2.65 bits per heavy atom. The lowest BCUT2D eigenvalue weighted by molar-refractivity contribution is -0.143. The molecular weight excluding hydrogens is 250 g/mol. The molecule has 0 aromatic heterocycles. The van der Waals surface area contributed by atoms with Gasteiger partial charge in [0, 0.05) is 6.04 Å². The fraction of sp³-hybridized carbons (Fsp3) is 0.588. The summed E-state index contributed by atoms with van der Waals surface area (Å²) in [4.78, 5) is 11.7. The standard InChI is InChI=1S/C17H27NO2/c1-5-9-18-16(12-17(19)20-6-2)11-15-8-7-13(3)10-14(15)4/h7-8,10,16,18H,5-6,9,11-12H2,1-4H3. The van der Waals surface area contributed by atoms with Crippen molar-refractivity contribution < 1.29 is 9.53 Å². The Hall–Kier alpha value is -1.35. The zero-order chi connectivity index (χ0) is 15.0. The summed E-state index contributed by atoms with van der Waals surface area (Å²) in [5, 5.41) is 3.45. The Labute approximate surface area is 122 Å². The van der Waals surface area contributed by atoms with Crippen molar-refractivity contribution in [3.05, 3.63) is 34.9 Å². The number of carbonyl (C=O) groups excluding carboxylic acids is 1. The first kappa shape index (κ1) is 16.7. The van der Waals surface area contributed by atoms with Gasteiger partial charge in [0.25, 0.3) is 0 Å². The molecular formula is C17H27NO2. The van der Waals surface area contributed by atoms with E-state index in [0.29, 0.717) is 13.0 Å². The molecule has 0 saturated heterocycles. The smallest absolute Gasteiger partial charge is 0.307 e. The van der Waals surface area contributed by atoms with Gasteiger partial charge >= 0.3 is 5.97 Å². The second kappa shape index (κ2) is 8.75. The number of ether oxygens (including phenoxy) is 1. The Kier molecular flexibility index (Phi) is 7.31. The number of rotatable bonds is 8. The quantitative estimate of drug-likeness (QED) is 0.742. The molecule has 0 bridgehead atoms. The third kappa shape index (κ3) is 5.74. The Bertz CT molecular complexity index is 429. The number of hydrogen-bond acceptors (Lipinski definition) is 3. The molecule has 0 spiro atoms. The summed E-state index contributed by atoms with van der Waals surface area (Å²) in [7, 11) is 0. The molecule has 1 aromatic rings. The van der Waals surface area contributed by atoms with Crippen LogP contribution in [0.4, 0.5) is 0 Å². The Morgan fingerprint density at radius 2 is 2.05 bits per heavy atom. The van der Waals surface area contributed by atoms with Crippen LogP contribution in [0, 0.1) is 13.8 Å². The van der Waals surface area contributed by atoms with Crippen LogP contribution in [0.5, 0.6) is 0 Å². The van der Waals surface area contributed by atoms with Gasteiger partial charge in [-0.3, -0.25) is 4.79 Å². The van der Waals surface area contributed by atoms with Crippen LogP contribution in [0.15, 0.2) is 18.2 Å². The normalized spacial score (nSPS) is 12.2. The van der Waals surface area contributed by atoms with E-state index < -0.39 is 0 Å². The van der Waals surface area contributed by atoms with Crippen LogP contribution < -0.4 is 5.32 Å². The van der Waals surface area contributed by atoms with Crippen LogP contribution in [0.25, 0.3) is 0 Å². The van der Waals surface area contributed by atoms with Crippen molar-refractivity contribution >= 4 is 5.97 Å². The van der Waals surface area contributed by atoms with Crippen LogP contribution in [0.3, 0.4) is 0 Å². The molecule has 1 N–H and O–H groups in total. The van der Waals surface area contributed by atoms with Crippen molar-refractivity contribution in [3.63, 3.8) is 0 Å². The highest BCUT2D eigenvalue weighted by Gasteiger charge is 2.15. The molecule has 3 heteroatoms. The molecule has 0 aliphatic heterocycles. The van der Waals surface area contributed by atoms with Crippen LogP contribution in [-0.4, -0.2) is 25.2 Å². The average molecular weight is 277 g/mol. The first-order valence-corrected chi connectivity index (χ1v) is 7.52. The molecule has 0 heterocycles. The fourth-order valence-corrected chi connectivity index (χ4v) is 2.33. The highest BCUT2D eigenvalue weighted by molar-refractivity contribution is 5.70. The number of hydrogen-bond donors (Lipinski definition) is 1. The maximum atomic E-state index is 11.7. The molecule has 20 heavy (non-hydrogen) atoms. The van der Waals surface area contributed by atoms with Crippen LogP contribution in [-0.2, 0) is 16.0 Å². The average Bonchev–Trinajstić information content (AvgIpc) is 2.39. The second-order valence-corrected chi connectivity index (χ2v) is 5.29. The summed E-state index contributed by atoms with van der Waals surface area (Å²) in [6, 6.07) is 6.63. The summed E-state index contributed by atoms with van der Waals surface area (Å²) in [6.45, 7) is 9.58. The molecule has 0 radical (unpaired) electrons. The van der Waals surface area contributed by atoms with E-state index >= 15 is 0 Å². The van der Waals surface area contributed by atoms with Gasteiger partial charge in [0.2, 0.25) is 0 Å². The summed E-state index contributed by atoms with van der Waals surface area (Å²) >= 11 is 0. The molecule has 112 valence electrons. The molecule has 0 fully saturated rings. The summed E-state index contributed by atoms with van der Waals surface area (Å²) < 4.78 is 5.06. The van der Waals surface area contributed by atoms with Gasteiger partial charge in [-0.1, -0.05) is 30.7 Å². The number of benzene rings is 1. The van der Waals surface area contributed by atoms with Crippen LogP contribution >= 0.6 is 0 Å². The van der Waals surface area contributed by atoms with E-state index in [1.165, 1.54) is 16.7 Å². The minimum absolute atomic E-state index is 0.120. The predicted octanol–water partition coefficient (Wildman–Crippen LogP) is 3.17. The second-order valence-electron chi connectivity index (χ2n) is 5.29. The monoisotopic (exact) mass is 277 g/mol. The first-order valence-electron chi connectivity index (χ1n) is 7.52. The van der Waals surface area contributed by atoms with Gasteiger partial charge in [-0.05, 0) is 51.3 Å². The van der Waals surface area contributed by atoms with Gasteiger partial charge in [0.15, 0.2) is 0 Å². The van der Waals surface area contributed by atoms with Crippen LogP contribution in [0.2, 0.25) is 0 Å². The maximum Gasteiger partial charge on any atom is 0.307 e. The van der Waals surface area contributed by atoms with E-state index in [1.807, 2.05) is 6.92 Å². The van der Waals surface area contributed by atoms with Gasteiger partial charge in [0.1, 0.15) is 0 Å². The topological polar surface area (TPSA) is 38.3 Å². The largest absolute Gasteiger partial charge is 0.466 e. The number of esters is 1. The first-order chi connectivity index (χ1) is 9.56. The van der Waals surface area contributed by atoms with Crippen molar-refractivity contribution in [2.24, 2.45) is 0 Å². The lowest BCUT2D eigenvalue weighted by Gasteiger charge is -2.19. The van der Waals surface area contributed by atoms with Gasteiger partial charge in [-0.2, -0.15) is 0 Å². The molecule has 1 atom stereocenters. The van der Waals surface area contributed by atoms with Gasteiger partial charge in [-0.25, -0.2) is 0 Å². The molecule has 0 saturated carbocycles. The summed E-state index contributed by atoms with van der Waals surface area (Å²) in [6.07, 6.45) is 2.36. The SMILES string of the molecule is CCCNC(CC(=O)OCC)Cc1ccc(C)cc1C. The van der Waals surface area contributed by atoms with E-state index in [4.69, 9.17) is 4.74 Å². The van der Waals surface area contributed by atoms with E-state index in [-0.39, 0.29) is 12.0 Å². The maximum absolute atomic E-state index is 11.7. The predicted molar refractivity (Wildman–Crippen MR) is 83.0 cm³/mol. The highest BCUT2D eigenvalue weighted by atomic mass is 16.5. The van der Waals surface area contributed by atoms with E-state index in [0.717, 1.165) is 19.4 Å². The lowest BCUT2D eigenvalue weighted by Crippen LogP contribution is -2.34. The third-order valence-electron chi connectivity index (χ3n) is 3.37. The minimum atomic E-state index is -0.120. The fourth-order valence-electron chi connectivity index (χ4n) is 2.33. The van der Waals surface area contributed by atoms with E-state index in [9.17, 15) is 4.79 Å². The minimum Gasteiger partial charge on any atom is -0.466 e. The summed E-state index contributed by atoms with van der Waals surface area (Å²) in [5.74, 6) is -0.120. The van der Waals surface area contributed by atoms with Crippen molar-refractivity contribution in [1.29, 1.82) is 0 Å². The molecule has 0 aliphatic rings. The molecule has 1 aromatic carbocycles. The Morgan fingerprint density at radius 1 is 1.30 bits per heavy atom. The molecule has 1 unspecified atom stereocenters. The number of nitrogens with one attached hydrogen (secondary N) is 1.